The minimum Gasteiger partial charge on any atom is -0.361 e. The molecule has 15 heavy (non-hydrogen) atoms. The summed E-state index contributed by atoms with van der Waals surface area (Å²) in [5.41, 5.74) is 0. The molecule has 1 N–H and O–H groups in total. The number of hydrogen-bond acceptors (Lipinski definition) is 5. The molecule has 2 rings (SSSR count). The largest absolute Gasteiger partial charge is 0.361 e. The van der Waals surface area contributed by atoms with Crippen LogP contribution in [0.25, 0.3) is 0 Å². The molecule has 2 aromatic heterocycles. The van der Waals surface area contributed by atoms with Crippen LogP contribution in [-0.4, -0.2) is 15.0 Å². The maximum Gasteiger partial charge on any atom is 0.224 e. The van der Waals surface area contributed by atoms with Gasteiger partial charge in [-0.05, 0) is 11.6 Å². The molecule has 0 fully saturated rings. The van der Waals surface area contributed by atoms with Gasteiger partial charge in [-0.1, -0.05) is 0 Å². The van der Waals surface area contributed by atoms with E-state index in [1.165, 1.54) is 11.3 Å². The molecule has 0 atom stereocenters. The summed E-state index contributed by atoms with van der Waals surface area (Å²) in [6.07, 6.45) is 2.71. The number of nitrogens with one attached hydrogen (secondary N) is 1. The van der Waals surface area contributed by atoms with Crippen LogP contribution >= 0.6 is 22.9 Å². The molecule has 0 aromatic carbocycles. The van der Waals surface area contributed by atoms with Crippen molar-refractivity contribution in [1.82, 2.24) is 15.0 Å². The van der Waals surface area contributed by atoms with Crippen molar-refractivity contribution in [3.8, 4) is 0 Å². The van der Waals surface area contributed by atoms with Gasteiger partial charge in [0.05, 0.1) is 12.7 Å². The zero-order valence-electron chi connectivity index (χ0n) is 7.44. The minimum atomic E-state index is -0.532. The zero-order valence-corrected chi connectivity index (χ0v) is 9.02. The third-order valence-electron chi connectivity index (χ3n) is 1.61. The summed E-state index contributed by atoms with van der Waals surface area (Å²) < 4.78 is 13.1. The SMILES string of the molecule is Fc1cnc(Cl)nc1NCc1nccs1. The van der Waals surface area contributed by atoms with Crippen molar-refractivity contribution in [3.63, 3.8) is 0 Å². The van der Waals surface area contributed by atoms with E-state index in [0.29, 0.717) is 6.54 Å². The lowest BCUT2D eigenvalue weighted by Gasteiger charge is -2.03. The van der Waals surface area contributed by atoms with Crippen LogP contribution in [0.15, 0.2) is 17.8 Å². The summed E-state index contributed by atoms with van der Waals surface area (Å²) in [4.78, 5) is 11.3. The highest BCUT2D eigenvalue weighted by atomic mass is 35.5. The Kier molecular flexibility index (Phi) is 3.08. The molecular weight excluding hydrogens is 239 g/mol. The van der Waals surface area contributed by atoms with Gasteiger partial charge in [-0.2, -0.15) is 4.98 Å². The van der Waals surface area contributed by atoms with E-state index < -0.39 is 5.82 Å². The first-order chi connectivity index (χ1) is 7.25. The lowest BCUT2D eigenvalue weighted by molar-refractivity contribution is 0.616. The molecule has 78 valence electrons. The van der Waals surface area contributed by atoms with E-state index in [-0.39, 0.29) is 11.1 Å². The van der Waals surface area contributed by atoms with Crippen molar-refractivity contribution in [1.29, 1.82) is 0 Å². The molecule has 0 aliphatic heterocycles. The fourth-order valence-corrected chi connectivity index (χ4v) is 1.66. The summed E-state index contributed by atoms with van der Waals surface area (Å²) in [6, 6.07) is 0. The average molecular weight is 245 g/mol. The number of aromatic nitrogens is 3. The standard InChI is InChI=1S/C8H6ClFN4S/c9-8-13-3-5(10)7(14-8)12-4-6-11-1-2-15-6/h1-3H,4H2,(H,12,13,14). The minimum absolute atomic E-state index is 0.0121. The lowest BCUT2D eigenvalue weighted by atomic mass is 10.5. The van der Waals surface area contributed by atoms with Crippen LogP contribution in [0.4, 0.5) is 10.2 Å². The number of anilines is 1. The molecule has 0 aliphatic rings. The molecule has 2 aromatic rings. The second-order valence-electron chi connectivity index (χ2n) is 2.61. The maximum absolute atomic E-state index is 13.1. The van der Waals surface area contributed by atoms with Crippen molar-refractivity contribution in [2.24, 2.45) is 0 Å². The van der Waals surface area contributed by atoms with E-state index in [1.54, 1.807) is 6.20 Å². The van der Waals surface area contributed by atoms with Crippen LogP contribution in [0.5, 0.6) is 0 Å². The smallest absolute Gasteiger partial charge is 0.224 e. The summed E-state index contributed by atoms with van der Waals surface area (Å²) in [5, 5.41) is 5.50. The predicted molar refractivity (Wildman–Crippen MR) is 56.4 cm³/mol. The first-order valence-corrected chi connectivity index (χ1v) is 5.32. The summed E-state index contributed by atoms with van der Waals surface area (Å²) in [6.45, 7) is 0.419. The van der Waals surface area contributed by atoms with Gasteiger partial charge in [-0.3, -0.25) is 0 Å². The fraction of sp³-hybridized carbons (Fsp3) is 0.125. The molecule has 7 heteroatoms. The van der Waals surface area contributed by atoms with Crippen LogP contribution in [0, 0.1) is 5.82 Å². The van der Waals surface area contributed by atoms with E-state index in [9.17, 15) is 4.39 Å². The predicted octanol–water partition coefficient (Wildman–Crippen LogP) is 2.34. The molecule has 0 aliphatic carbocycles. The molecule has 0 amide bonds. The summed E-state index contributed by atoms with van der Waals surface area (Å²) in [5.74, 6) is -0.443. The van der Waals surface area contributed by atoms with Crippen LogP contribution in [-0.2, 0) is 6.54 Å². The third kappa shape index (κ3) is 2.60. The first-order valence-electron chi connectivity index (χ1n) is 4.06. The normalized spacial score (nSPS) is 10.3. The van der Waals surface area contributed by atoms with Gasteiger partial charge in [0.25, 0.3) is 0 Å². The molecule has 0 saturated carbocycles. The highest BCUT2D eigenvalue weighted by Gasteiger charge is 2.05. The Bertz CT molecular complexity index is 448. The Balaban J connectivity index is 2.07. The van der Waals surface area contributed by atoms with E-state index in [2.05, 4.69) is 20.3 Å². The zero-order chi connectivity index (χ0) is 10.7. The van der Waals surface area contributed by atoms with Gasteiger partial charge >= 0.3 is 0 Å². The molecule has 4 nitrogen and oxygen atoms in total. The monoisotopic (exact) mass is 244 g/mol. The van der Waals surface area contributed by atoms with Gasteiger partial charge in [-0.25, -0.2) is 14.4 Å². The molecule has 2 heterocycles. The fourth-order valence-electron chi connectivity index (χ4n) is 0.969. The highest BCUT2D eigenvalue weighted by Crippen LogP contribution is 2.13. The third-order valence-corrected chi connectivity index (χ3v) is 2.57. The van der Waals surface area contributed by atoms with Gasteiger partial charge < -0.3 is 5.32 Å². The number of halogens is 2. The Labute approximate surface area is 94.2 Å². The van der Waals surface area contributed by atoms with Crippen LogP contribution < -0.4 is 5.32 Å². The first kappa shape index (κ1) is 10.3. The summed E-state index contributed by atoms with van der Waals surface area (Å²) in [7, 11) is 0. The van der Waals surface area contributed by atoms with Gasteiger partial charge in [0.1, 0.15) is 5.01 Å². The van der Waals surface area contributed by atoms with E-state index in [4.69, 9.17) is 11.6 Å². The molecule has 0 radical (unpaired) electrons. The molecular formula is C8H6ClFN4S. The van der Waals surface area contributed by atoms with Crippen LogP contribution in [0.1, 0.15) is 5.01 Å². The number of thiazole rings is 1. The average Bonchev–Trinajstić information content (AvgIpc) is 2.72. The molecule has 0 spiro atoms. The van der Waals surface area contributed by atoms with Crippen molar-refractivity contribution in [2.75, 3.05) is 5.32 Å². The van der Waals surface area contributed by atoms with E-state index in [1.807, 2.05) is 5.38 Å². The number of nitrogens with zero attached hydrogens (tertiary/aromatic N) is 3. The molecule has 0 unspecified atom stereocenters. The van der Waals surface area contributed by atoms with Gasteiger partial charge in [0.2, 0.25) is 5.28 Å². The van der Waals surface area contributed by atoms with Crippen LogP contribution in [0.2, 0.25) is 5.28 Å². The number of hydrogen-bond donors (Lipinski definition) is 1. The van der Waals surface area contributed by atoms with Crippen molar-refractivity contribution in [3.05, 3.63) is 33.9 Å². The van der Waals surface area contributed by atoms with Crippen molar-refractivity contribution >= 4 is 28.8 Å². The van der Waals surface area contributed by atoms with E-state index >= 15 is 0 Å². The van der Waals surface area contributed by atoms with Crippen molar-refractivity contribution in [2.45, 2.75) is 6.54 Å². The van der Waals surface area contributed by atoms with Gasteiger partial charge in [0.15, 0.2) is 11.6 Å². The van der Waals surface area contributed by atoms with Crippen molar-refractivity contribution < 1.29 is 4.39 Å². The molecule has 0 bridgehead atoms. The maximum atomic E-state index is 13.1. The lowest BCUT2D eigenvalue weighted by Crippen LogP contribution is -2.04. The Morgan fingerprint density at radius 3 is 3.07 bits per heavy atom. The van der Waals surface area contributed by atoms with Gasteiger partial charge in [-0.15, -0.1) is 11.3 Å². The number of rotatable bonds is 3. The Morgan fingerprint density at radius 2 is 2.33 bits per heavy atom. The van der Waals surface area contributed by atoms with E-state index in [0.717, 1.165) is 11.2 Å². The second kappa shape index (κ2) is 4.50. The quantitative estimate of drug-likeness (QED) is 0.842. The Hall–Kier alpha value is -1.27. The highest BCUT2D eigenvalue weighted by molar-refractivity contribution is 7.09. The summed E-state index contributed by atoms with van der Waals surface area (Å²) >= 11 is 7.02. The Morgan fingerprint density at radius 1 is 1.47 bits per heavy atom. The topological polar surface area (TPSA) is 50.7 Å². The van der Waals surface area contributed by atoms with Gasteiger partial charge in [0, 0.05) is 11.6 Å². The molecule has 0 saturated heterocycles. The van der Waals surface area contributed by atoms with Crippen LogP contribution in [0.3, 0.4) is 0 Å². The second-order valence-corrected chi connectivity index (χ2v) is 3.93.